The molecule has 0 aliphatic rings. The third-order valence-corrected chi connectivity index (χ3v) is 3.23. The summed E-state index contributed by atoms with van der Waals surface area (Å²) in [5.41, 5.74) is 3.07. The van der Waals surface area contributed by atoms with Gasteiger partial charge in [0.25, 0.3) is 5.91 Å². The number of amides is 1. The average Bonchev–Trinajstić information content (AvgIpc) is 2.56. The van der Waals surface area contributed by atoms with E-state index in [1.54, 1.807) is 25.3 Å². The second kappa shape index (κ2) is 7.51. The van der Waals surface area contributed by atoms with E-state index >= 15 is 0 Å². The molecule has 2 aromatic carbocycles. The fraction of sp³-hybridized carbons (Fsp3) is 0.125. The van der Waals surface area contributed by atoms with Gasteiger partial charge in [0.15, 0.2) is 11.5 Å². The summed E-state index contributed by atoms with van der Waals surface area (Å²) >= 11 is 5.80. The van der Waals surface area contributed by atoms with Gasteiger partial charge in [-0.25, -0.2) is 5.43 Å². The third kappa shape index (κ3) is 4.14. The van der Waals surface area contributed by atoms with E-state index in [4.69, 9.17) is 21.1 Å². The zero-order valence-corrected chi connectivity index (χ0v) is 13.3. The molecule has 0 atom stereocenters. The van der Waals surface area contributed by atoms with Crippen molar-refractivity contribution in [3.05, 3.63) is 52.5 Å². The summed E-state index contributed by atoms with van der Waals surface area (Å²) < 4.78 is 10.3. The van der Waals surface area contributed by atoms with Gasteiger partial charge in [0.05, 0.1) is 26.0 Å². The van der Waals surface area contributed by atoms with Crippen molar-refractivity contribution in [2.45, 2.75) is 0 Å². The topological polar surface area (TPSA) is 80.2 Å². The molecular weight excluding hydrogens is 320 g/mol. The van der Waals surface area contributed by atoms with Gasteiger partial charge in [-0.05, 0) is 42.0 Å². The van der Waals surface area contributed by atoms with Crippen LogP contribution in [0.15, 0.2) is 41.5 Å². The molecule has 0 radical (unpaired) electrons. The number of halogens is 1. The van der Waals surface area contributed by atoms with E-state index in [2.05, 4.69) is 10.5 Å². The van der Waals surface area contributed by atoms with E-state index in [1.165, 1.54) is 31.5 Å². The predicted octanol–water partition coefficient (Wildman–Crippen LogP) is 2.83. The lowest BCUT2D eigenvalue weighted by molar-refractivity contribution is 0.0952. The lowest BCUT2D eigenvalue weighted by atomic mass is 10.2. The van der Waals surface area contributed by atoms with Crippen molar-refractivity contribution >= 4 is 23.7 Å². The fourth-order valence-electron chi connectivity index (χ4n) is 1.85. The lowest BCUT2D eigenvalue weighted by Gasteiger charge is -2.07. The molecule has 0 bridgehead atoms. The zero-order valence-electron chi connectivity index (χ0n) is 12.5. The molecule has 0 aliphatic carbocycles. The maximum absolute atomic E-state index is 11.9. The Balaban J connectivity index is 2.09. The number of phenols is 1. The Kier molecular flexibility index (Phi) is 5.43. The van der Waals surface area contributed by atoms with E-state index in [-0.39, 0.29) is 11.3 Å². The molecule has 2 N–H and O–H groups in total. The van der Waals surface area contributed by atoms with Gasteiger partial charge in [0, 0.05) is 5.02 Å². The molecule has 6 nitrogen and oxygen atoms in total. The summed E-state index contributed by atoms with van der Waals surface area (Å²) in [5, 5.41) is 13.8. The summed E-state index contributed by atoms with van der Waals surface area (Å²) in [5.74, 6) is 0.405. The van der Waals surface area contributed by atoms with Crippen molar-refractivity contribution < 1.29 is 19.4 Å². The predicted molar refractivity (Wildman–Crippen MR) is 87.7 cm³/mol. The smallest absolute Gasteiger partial charge is 0.275 e. The van der Waals surface area contributed by atoms with Crippen molar-refractivity contribution in [2.75, 3.05) is 14.2 Å². The van der Waals surface area contributed by atoms with Crippen LogP contribution >= 0.6 is 11.6 Å². The SMILES string of the molecule is COc1ccc(/C=N\NC(=O)c2cc(Cl)ccc2O)cc1OC. The molecule has 0 saturated carbocycles. The number of aromatic hydroxyl groups is 1. The Morgan fingerprint density at radius 1 is 1.17 bits per heavy atom. The van der Waals surface area contributed by atoms with Crippen molar-refractivity contribution in [1.82, 2.24) is 5.43 Å². The Morgan fingerprint density at radius 2 is 1.91 bits per heavy atom. The third-order valence-electron chi connectivity index (χ3n) is 2.99. The first-order valence-electron chi connectivity index (χ1n) is 6.59. The van der Waals surface area contributed by atoms with Crippen LogP contribution in [0.5, 0.6) is 17.2 Å². The Morgan fingerprint density at radius 3 is 2.61 bits per heavy atom. The number of benzene rings is 2. The number of nitrogens with zero attached hydrogens (tertiary/aromatic N) is 1. The maximum Gasteiger partial charge on any atom is 0.275 e. The Bertz CT molecular complexity index is 747. The first-order chi connectivity index (χ1) is 11.0. The molecule has 0 heterocycles. The van der Waals surface area contributed by atoms with E-state index < -0.39 is 5.91 Å². The number of nitrogens with one attached hydrogen (secondary N) is 1. The Labute approximate surface area is 138 Å². The van der Waals surface area contributed by atoms with Crippen molar-refractivity contribution in [3.63, 3.8) is 0 Å². The molecule has 120 valence electrons. The first-order valence-corrected chi connectivity index (χ1v) is 6.97. The summed E-state index contributed by atoms with van der Waals surface area (Å²) in [6.45, 7) is 0. The number of hydrazone groups is 1. The number of hydrogen-bond acceptors (Lipinski definition) is 5. The van der Waals surface area contributed by atoms with Crippen molar-refractivity contribution in [3.8, 4) is 17.2 Å². The normalized spacial score (nSPS) is 10.6. The van der Waals surface area contributed by atoms with Gasteiger partial charge in [0.1, 0.15) is 5.75 Å². The van der Waals surface area contributed by atoms with Gasteiger partial charge in [-0.1, -0.05) is 11.6 Å². The minimum absolute atomic E-state index is 0.0435. The highest BCUT2D eigenvalue weighted by Gasteiger charge is 2.10. The second-order valence-electron chi connectivity index (χ2n) is 4.48. The van der Waals surface area contributed by atoms with E-state index in [0.717, 1.165) is 0 Å². The fourth-order valence-corrected chi connectivity index (χ4v) is 2.02. The van der Waals surface area contributed by atoms with Crippen LogP contribution in [0.25, 0.3) is 0 Å². The van der Waals surface area contributed by atoms with Crippen LogP contribution < -0.4 is 14.9 Å². The standard InChI is InChI=1S/C16H15ClN2O4/c1-22-14-6-3-10(7-15(14)23-2)9-18-19-16(21)12-8-11(17)4-5-13(12)20/h3-9,20H,1-2H3,(H,19,21)/b18-9-. The summed E-state index contributed by atoms with van der Waals surface area (Å²) in [7, 11) is 3.08. The van der Waals surface area contributed by atoms with Crippen LogP contribution in [0.4, 0.5) is 0 Å². The number of ether oxygens (including phenoxy) is 2. The minimum atomic E-state index is -0.568. The number of carbonyl (C=O) groups is 1. The highest BCUT2D eigenvalue weighted by atomic mass is 35.5. The average molecular weight is 335 g/mol. The molecule has 0 saturated heterocycles. The molecule has 1 amide bonds. The molecule has 2 aromatic rings. The monoisotopic (exact) mass is 334 g/mol. The summed E-state index contributed by atoms with van der Waals surface area (Å²) in [6, 6.07) is 9.39. The quantitative estimate of drug-likeness (QED) is 0.651. The maximum atomic E-state index is 11.9. The van der Waals surface area contributed by atoms with Crippen LogP contribution in [-0.4, -0.2) is 31.4 Å². The summed E-state index contributed by atoms with van der Waals surface area (Å²) in [4.78, 5) is 11.9. The van der Waals surface area contributed by atoms with Crippen LogP contribution in [0.3, 0.4) is 0 Å². The lowest BCUT2D eigenvalue weighted by Crippen LogP contribution is -2.17. The molecule has 7 heteroatoms. The minimum Gasteiger partial charge on any atom is -0.507 e. The van der Waals surface area contributed by atoms with E-state index in [9.17, 15) is 9.90 Å². The Hall–Kier alpha value is -2.73. The molecule has 23 heavy (non-hydrogen) atoms. The first kappa shape index (κ1) is 16.6. The highest BCUT2D eigenvalue weighted by Crippen LogP contribution is 2.26. The molecular formula is C16H15ClN2O4. The molecule has 0 aliphatic heterocycles. The van der Waals surface area contributed by atoms with Gasteiger partial charge < -0.3 is 14.6 Å². The van der Waals surface area contributed by atoms with Gasteiger partial charge in [-0.15, -0.1) is 0 Å². The molecule has 0 fully saturated rings. The molecule has 0 aromatic heterocycles. The van der Waals surface area contributed by atoms with Crippen LogP contribution in [0.2, 0.25) is 5.02 Å². The van der Waals surface area contributed by atoms with Crippen LogP contribution in [-0.2, 0) is 0 Å². The number of carbonyl (C=O) groups excluding carboxylic acids is 1. The largest absolute Gasteiger partial charge is 0.507 e. The van der Waals surface area contributed by atoms with Crippen molar-refractivity contribution in [1.29, 1.82) is 0 Å². The van der Waals surface area contributed by atoms with Crippen molar-refractivity contribution in [2.24, 2.45) is 5.10 Å². The molecule has 2 rings (SSSR count). The van der Waals surface area contributed by atoms with Gasteiger partial charge in [0.2, 0.25) is 0 Å². The summed E-state index contributed by atoms with van der Waals surface area (Å²) in [6.07, 6.45) is 1.45. The van der Waals surface area contributed by atoms with E-state index in [0.29, 0.717) is 22.1 Å². The number of phenolic OH excluding ortho intramolecular Hbond substituents is 1. The number of rotatable bonds is 5. The number of hydrogen-bond donors (Lipinski definition) is 2. The molecule has 0 spiro atoms. The van der Waals surface area contributed by atoms with Crippen LogP contribution in [0.1, 0.15) is 15.9 Å². The van der Waals surface area contributed by atoms with Gasteiger partial charge >= 0.3 is 0 Å². The zero-order chi connectivity index (χ0) is 16.8. The van der Waals surface area contributed by atoms with Crippen LogP contribution in [0, 0.1) is 0 Å². The number of methoxy groups -OCH3 is 2. The van der Waals surface area contributed by atoms with Gasteiger partial charge in [-0.3, -0.25) is 4.79 Å². The molecule has 0 unspecified atom stereocenters. The second-order valence-corrected chi connectivity index (χ2v) is 4.91. The highest BCUT2D eigenvalue weighted by molar-refractivity contribution is 6.31. The van der Waals surface area contributed by atoms with E-state index in [1.807, 2.05) is 0 Å². The van der Waals surface area contributed by atoms with Gasteiger partial charge in [-0.2, -0.15) is 5.10 Å².